The van der Waals surface area contributed by atoms with Gasteiger partial charge < -0.3 is 14.4 Å². The number of aryl methyl sites for hydroxylation is 1. The zero-order valence-corrected chi connectivity index (χ0v) is 18.9. The van der Waals surface area contributed by atoms with E-state index in [1.807, 2.05) is 24.3 Å². The predicted molar refractivity (Wildman–Crippen MR) is 123 cm³/mol. The van der Waals surface area contributed by atoms with Crippen LogP contribution in [0.1, 0.15) is 40.2 Å². The summed E-state index contributed by atoms with van der Waals surface area (Å²) in [5.41, 5.74) is 2.48. The van der Waals surface area contributed by atoms with Crippen molar-refractivity contribution in [2.24, 2.45) is 0 Å². The highest BCUT2D eigenvalue weighted by Gasteiger charge is 2.34. The number of benzene rings is 2. The average Bonchev–Trinajstić information content (AvgIpc) is 3.45. The van der Waals surface area contributed by atoms with E-state index in [0.717, 1.165) is 17.1 Å². The lowest BCUT2D eigenvalue weighted by Gasteiger charge is -2.16. The van der Waals surface area contributed by atoms with Gasteiger partial charge >= 0.3 is 0 Å². The number of amides is 2. The van der Waals surface area contributed by atoms with Gasteiger partial charge in [0.25, 0.3) is 5.91 Å². The summed E-state index contributed by atoms with van der Waals surface area (Å²) in [6, 6.07) is 13.0. The number of nitrogens with one attached hydrogen (secondary N) is 1. The summed E-state index contributed by atoms with van der Waals surface area (Å²) in [6.45, 7) is 2.64. The first-order chi connectivity index (χ1) is 15.5. The second-order valence-electron chi connectivity index (χ2n) is 7.39. The van der Waals surface area contributed by atoms with Crippen LogP contribution in [0, 0.1) is 0 Å². The van der Waals surface area contributed by atoms with Gasteiger partial charge in [-0.2, -0.15) is 0 Å². The molecule has 0 bridgehead atoms. The third-order valence-corrected chi connectivity index (χ3v) is 6.45. The summed E-state index contributed by atoms with van der Waals surface area (Å²) >= 11 is 1.28. The minimum absolute atomic E-state index is 0.0583. The number of carbonyl (C=O) groups is 2. The van der Waals surface area contributed by atoms with E-state index >= 15 is 0 Å². The van der Waals surface area contributed by atoms with Crippen molar-refractivity contribution in [2.75, 3.05) is 31.0 Å². The van der Waals surface area contributed by atoms with Crippen molar-refractivity contribution in [3.63, 3.8) is 0 Å². The van der Waals surface area contributed by atoms with Crippen molar-refractivity contribution in [2.45, 2.75) is 25.7 Å². The fourth-order valence-corrected chi connectivity index (χ4v) is 4.46. The van der Waals surface area contributed by atoms with Crippen molar-refractivity contribution >= 4 is 34.0 Å². The van der Waals surface area contributed by atoms with Crippen LogP contribution in [0.25, 0.3) is 0 Å². The highest BCUT2D eigenvalue weighted by Crippen LogP contribution is 2.34. The SMILES string of the molecule is CCc1ccc(N2CC(c3nnc(NC(=O)c4ccc(OC)cc4OC)s3)CC2=O)cc1. The lowest BCUT2D eigenvalue weighted by molar-refractivity contribution is -0.117. The van der Waals surface area contributed by atoms with Crippen molar-refractivity contribution in [3.05, 3.63) is 58.6 Å². The molecule has 166 valence electrons. The highest BCUT2D eigenvalue weighted by molar-refractivity contribution is 7.15. The normalized spacial score (nSPS) is 15.7. The molecule has 1 aromatic heterocycles. The van der Waals surface area contributed by atoms with Gasteiger partial charge in [0.15, 0.2) is 0 Å². The number of hydrogen-bond donors (Lipinski definition) is 1. The van der Waals surface area contributed by atoms with Crippen molar-refractivity contribution < 1.29 is 19.1 Å². The standard InChI is InChI=1S/C23H24N4O4S/c1-4-14-5-7-16(8-6-14)27-13-15(11-20(27)28)22-25-26-23(32-22)24-21(29)18-10-9-17(30-2)12-19(18)31-3/h5-10,12,15H,4,11,13H2,1-3H3,(H,24,26,29). The maximum atomic E-state index is 12.7. The fraction of sp³-hybridized carbons (Fsp3) is 0.304. The monoisotopic (exact) mass is 452 g/mol. The zero-order valence-electron chi connectivity index (χ0n) is 18.1. The van der Waals surface area contributed by atoms with E-state index in [1.165, 1.54) is 24.0 Å². The fourth-order valence-electron chi connectivity index (χ4n) is 3.63. The Labute approximate surface area is 190 Å². The van der Waals surface area contributed by atoms with E-state index in [-0.39, 0.29) is 17.7 Å². The molecule has 0 radical (unpaired) electrons. The number of anilines is 2. The van der Waals surface area contributed by atoms with E-state index in [0.29, 0.717) is 35.2 Å². The molecule has 1 fully saturated rings. The molecule has 8 nitrogen and oxygen atoms in total. The van der Waals surface area contributed by atoms with E-state index in [9.17, 15) is 9.59 Å². The maximum absolute atomic E-state index is 12.7. The molecule has 2 aromatic carbocycles. The number of methoxy groups -OCH3 is 2. The largest absolute Gasteiger partial charge is 0.497 e. The van der Waals surface area contributed by atoms with Crippen LogP contribution in [0.5, 0.6) is 11.5 Å². The zero-order chi connectivity index (χ0) is 22.7. The first-order valence-corrected chi connectivity index (χ1v) is 11.1. The Kier molecular flexibility index (Phi) is 6.36. The lowest BCUT2D eigenvalue weighted by atomic mass is 10.1. The van der Waals surface area contributed by atoms with Crippen LogP contribution in [0.2, 0.25) is 0 Å². The first kappa shape index (κ1) is 21.8. The van der Waals surface area contributed by atoms with Gasteiger partial charge in [-0.1, -0.05) is 30.4 Å². The molecule has 2 heterocycles. The maximum Gasteiger partial charge on any atom is 0.261 e. The van der Waals surface area contributed by atoms with Crippen LogP contribution in [-0.2, 0) is 11.2 Å². The van der Waals surface area contributed by atoms with Gasteiger partial charge in [0, 0.05) is 30.6 Å². The summed E-state index contributed by atoms with van der Waals surface area (Å²) < 4.78 is 10.5. The summed E-state index contributed by atoms with van der Waals surface area (Å²) in [5.74, 6) is 0.636. The van der Waals surface area contributed by atoms with Gasteiger partial charge in [0.1, 0.15) is 16.5 Å². The second kappa shape index (κ2) is 9.35. The van der Waals surface area contributed by atoms with Gasteiger partial charge in [-0.05, 0) is 36.2 Å². The van der Waals surface area contributed by atoms with Gasteiger partial charge in [-0.15, -0.1) is 10.2 Å². The lowest BCUT2D eigenvalue weighted by Crippen LogP contribution is -2.24. The van der Waals surface area contributed by atoms with Gasteiger partial charge in [0.05, 0.1) is 19.8 Å². The molecule has 1 atom stereocenters. The molecule has 32 heavy (non-hydrogen) atoms. The molecule has 0 aliphatic carbocycles. The number of ether oxygens (including phenoxy) is 2. The Morgan fingerprint density at radius 3 is 2.62 bits per heavy atom. The highest BCUT2D eigenvalue weighted by atomic mass is 32.1. The summed E-state index contributed by atoms with van der Waals surface area (Å²) in [6.07, 6.45) is 1.32. The van der Waals surface area contributed by atoms with Crippen LogP contribution in [-0.4, -0.2) is 42.8 Å². The Morgan fingerprint density at radius 2 is 1.94 bits per heavy atom. The van der Waals surface area contributed by atoms with Gasteiger partial charge in [0.2, 0.25) is 11.0 Å². The molecule has 1 unspecified atom stereocenters. The molecule has 1 aliphatic rings. The summed E-state index contributed by atoms with van der Waals surface area (Å²) in [5, 5.41) is 12.2. The first-order valence-electron chi connectivity index (χ1n) is 10.3. The molecule has 3 aromatic rings. The molecule has 2 amide bonds. The molecule has 9 heteroatoms. The molecule has 0 spiro atoms. The second-order valence-corrected chi connectivity index (χ2v) is 8.40. The van der Waals surface area contributed by atoms with Crippen LogP contribution < -0.4 is 19.7 Å². The van der Waals surface area contributed by atoms with Gasteiger partial charge in [-0.25, -0.2) is 0 Å². The van der Waals surface area contributed by atoms with E-state index in [1.54, 1.807) is 30.2 Å². The van der Waals surface area contributed by atoms with Crippen molar-refractivity contribution in [1.82, 2.24) is 10.2 Å². The van der Waals surface area contributed by atoms with E-state index in [2.05, 4.69) is 22.4 Å². The molecule has 4 rings (SSSR count). The predicted octanol–water partition coefficient (Wildman–Crippen LogP) is 3.89. The Morgan fingerprint density at radius 1 is 1.16 bits per heavy atom. The van der Waals surface area contributed by atoms with E-state index < -0.39 is 0 Å². The Balaban J connectivity index is 1.45. The van der Waals surface area contributed by atoms with Crippen LogP contribution in [0.15, 0.2) is 42.5 Å². The minimum Gasteiger partial charge on any atom is -0.497 e. The third kappa shape index (κ3) is 4.43. The number of nitrogens with zero attached hydrogens (tertiary/aromatic N) is 3. The smallest absolute Gasteiger partial charge is 0.261 e. The van der Waals surface area contributed by atoms with Crippen LogP contribution >= 0.6 is 11.3 Å². The quantitative estimate of drug-likeness (QED) is 0.585. The molecule has 1 N–H and O–H groups in total. The minimum atomic E-state index is -0.354. The van der Waals surface area contributed by atoms with Crippen LogP contribution in [0.4, 0.5) is 10.8 Å². The number of carbonyl (C=O) groups excluding carboxylic acids is 2. The molecular weight excluding hydrogens is 428 g/mol. The topological polar surface area (TPSA) is 93.7 Å². The summed E-state index contributed by atoms with van der Waals surface area (Å²) in [7, 11) is 3.04. The van der Waals surface area contributed by atoms with Gasteiger partial charge in [-0.3, -0.25) is 14.9 Å². The number of hydrogen-bond acceptors (Lipinski definition) is 7. The average molecular weight is 453 g/mol. The number of aromatic nitrogens is 2. The molecule has 1 aliphatic heterocycles. The Bertz CT molecular complexity index is 1130. The van der Waals surface area contributed by atoms with Crippen molar-refractivity contribution in [3.8, 4) is 11.5 Å². The van der Waals surface area contributed by atoms with Crippen LogP contribution in [0.3, 0.4) is 0 Å². The third-order valence-electron chi connectivity index (χ3n) is 5.44. The Hall–Kier alpha value is -3.46. The van der Waals surface area contributed by atoms with Crippen molar-refractivity contribution in [1.29, 1.82) is 0 Å². The molecule has 1 saturated heterocycles. The molecule has 0 saturated carbocycles. The summed E-state index contributed by atoms with van der Waals surface area (Å²) in [4.78, 5) is 27.1. The van der Waals surface area contributed by atoms with E-state index in [4.69, 9.17) is 9.47 Å². The number of rotatable bonds is 7. The molecular formula is C23H24N4O4S.